The molecule has 1 heterocycles. The lowest BCUT2D eigenvalue weighted by atomic mass is 10.1. The van der Waals surface area contributed by atoms with Crippen LogP contribution in [0.3, 0.4) is 0 Å². The first kappa shape index (κ1) is 21.5. The van der Waals surface area contributed by atoms with Gasteiger partial charge in [0.15, 0.2) is 5.16 Å². The molecule has 146 valence electrons. The molecular formula is C20H27ClN4OS. The van der Waals surface area contributed by atoms with Gasteiger partial charge in [-0.2, -0.15) is 0 Å². The third kappa shape index (κ3) is 7.03. The number of carbonyl (C=O) groups excluding carboxylic acids is 1. The molecule has 0 saturated carbocycles. The van der Waals surface area contributed by atoms with Gasteiger partial charge in [-0.05, 0) is 30.0 Å². The van der Waals surface area contributed by atoms with Gasteiger partial charge < -0.3 is 10.2 Å². The van der Waals surface area contributed by atoms with Crippen molar-refractivity contribution in [3.63, 3.8) is 0 Å². The summed E-state index contributed by atoms with van der Waals surface area (Å²) in [6.07, 6.45) is 1.03. The Bertz CT molecular complexity index is 769. The van der Waals surface area contributed by atoms with E-state index in [1.165, 1.54) is 11.8 Å². The second kappa shape index (κ2) is 10.5. The molecule has 0 bridgehead atoms. The number of hydrogen-bond donors (Lipinski definition) is 1. The Balaban J connectivity index is 2.04. The van der Waals surface area contributed by atoms with Crippen LogP contribution in [-0.4, -0.2) is 36.0 Å². The molecule has 0 radical (unpaired) electrons. The molecule has 27 heavy (non-hydrogen) atoms. The Morgan fingerprint density at radius 1 is 1.30 bits per heavy atom. The van der Waals surface area contributed by atoms with E-state index in [-0.39, 0.29) is 5.91 Å². The van der Waals surface area contributed by atoms with E-state index in [0.29, 0.717) is 34.1 Å². The molecule has 7 heteroatoms. The summed E-state index contributed by atoms with van der Waals surface area (Å²) in [5.74, 6) is 1.87. The predicted molar refractivity (Wildman–Crippen MR) is 114 cm³/mol. The summed E-state index contributed by atoms with van der Waals surface area (Å²) in [5, 5.41) is 4.02. The van der Waals surface area contributed by atoms with Crippen molar-refractivity contribution >= 4 is 35.1 Å². The molecule has 0 spiro atoms. The van der Waals surface area contributed by atoms with Crippen LogP contribution in [0.5, 0.6) is 0 Å². The molecule has 0 saturated heterocycles. The van der Waals surface area contributed by atoms with Crippen molar-refractivity contribution in [3.05, 3.63) is 46.6 Å². The predicted octanol–water partition coefficient (Wildman–Crippen LogP) is 4.65. The average Bonchev–Trinajstić information content (AvgIpc) is 2.64. The van der Waals surface area contributed by atoms with Gasteiger partial charge in [-0.25, -0.2) is 9.97 Å². The Kier molecular flexibility index (Phi) is 8.38. The standard InChI is InChI=1S/C20H27ClN4OS/c1-5-9-25(4)18-11-17(21)23-20(24-18)27-13-15-7-6-8-16(10-15)19(26)22-12-14(2)3/h6-8,10-11,14H,5,9,12-13H2,1-4H3,(H,22,26). The normalized spacial score (nSPS) is 10.9. The molecule has 1 aromatic carbocycles. The molecule has 0 aliphatic carbocycles. The number of amides is 1. The van der Waals surface area contributed by atoms with Gasteiger partial charge in [0.2, 0.25) is 0 Å². The van der Waals surface area contributed by atoms with E-state index in [1.807, 2.05) is 31.3 Å². The third-order valence-electron chi connectivity index (χ3n) is 3.84. The fraction of sp³-hybridized carbons (Fsp3) is 0.450. The van der Waals surface area contributed by atoms with E-state index in [1.54, 1.807) is 6.07 Å². The molecule has 2 rings (SSSR count). The summed E-state index contributed by atoms with van der Waals surface area (Å²) >= 11 is 7.67. The Morgan fingerprint density at radius 3 is 2.78 bits per heavy atom. The molecule has 2 aromatic rings. The molecule has 0 atom stereocenters. The number of nitrogens with one attached hydrogen (secondary N) is 1. The zero-order valence-electron chi connectivity index (χ0n) is 16.3. The highest BCUT2D eigenvalue weighted by Crippen LogP contribution is 2.24. The number of hydrogen-bond acceptors (Lipinski definition) is 5. The van der Waals surface area contributed by atoms with Gasteiger partial charge in [-0.3, -0.25) is 4.79 Å². The highest BCUT2D eigenvalue weighted by Gasteiger charge is 2.10. The van der Waals surface area contributed by atoms with Gasteiger partial charge >= 0.3 is 0 Å². The van der Waals surface area contributed by atoms with E-state index in [0.717, 1.165) is 24.3 Å². The van der Waals surface area contributed by atoms with E-state index in [2.05, 4.69) is 41.0 Å². The van der Waals surface area contributed by atoms with Gasteiger partial charge in [-0.1, -0.05) is 56.3 Å². The van der Waals surface area contributed by atoms with Gasteiger partial charge in [-0.15, -0.1) is 0 Å². The minimum Gasteiger partial charge on any atom is -0.360 e. The summed E-state index contributed by atoms with van der Waals surface area (Å²) in [7, 11) is 2.00. The smallest absolute Gasteiger partial charge is 0.251 e. The number of nitrogens with zero attached hydrogens (tertiary/aromatic N) is 3. The van der Waals surface area contributed by atoms with Gasteiger partial charge in [0.25, 0.3) is 5.91 Å². The van der Waals surface area contributed by atoms with E-state index in [9.17, 15) is 4.79 Å². The highest BCUT2D eigenvalue weighted by molar-refractivity contribution is 7.98. The number of rotatable bonds is 9. The molecule has 5 nitrogen and oxygen atoms in total. The van der Waals surface area contributed by atoms with Crippen molar-refractivity contribution in [2.24, 2.45) is 5.92 Å². The molecule has 0 unspecified atom stereocenters. The van der Waals surface area contributed by atoms with Crippen molar-refractivity contribution in [1.82, 2.24) is 15.3 Å². The van der Waals surface area contributed by atoms with Crippen LogP contribution < -0.4 is 10.2 Å². The van der Waals surface area contributed by atoms with Crippen molar-refractivity contribution in [2.75, 3.05) is 25.0 Å². The first-order valence-electron chi connectivity index (χ1n) is 9.14. The van der Waals surface area contributed by atoms with Crippen LogP contribution in [0.25, 0.3) is 0 Å². The number of halogens is 1. The number of carbonyl (C=O) groups is 1. The maximum absolute atomic E-state index is 12.2. The molecule has 1 N–H and O–H groups in total. The Hall–Kier alpha value is -1.79. The van der Waals surface area contributed by atoms with E-state index < -0.39 is 0 Å². The number of aromatic nitrogens is 2. The number of benzene rings is 1. The molecular weight excluding hydrogens is 380 g/mol. The highest BCUT2D eigenvalue weighted by atomic mass is 35.5. The Morgan fingerprint density at radius 2 is 2.07 bits per heavy atom. The maximum atomic E-state index is 12.2. The minimum atomic E-state index is -0.0435. The van der Waals surface area contributed by atoms with E-state index >= 15 is 0 Å². The Labute approximate surface area is 170 Å². The molecule has 0 aliphatic rings. The first-order valence-corrected chi connectivity index (χ1v) is 10.5. The molecule has 0 aliphatic heterocycles. The minimum absolute atomic E-state index is 0.0435. The fourth-order valence-electron chi connectivity index (χ4n) is 2.44. The van der Waals surface area contributed by atoms with Crippen molar-refractivity contribution < 1.29 is 4.79 Å². The summed E-state index contributed by atoms with van der Waals surface area (Å²) in [4.78, 5) is 23.2. The largest absolute Gasteiger partial charge is 0.360 e. The lowest BCUT2D eigenvalue weighted by molar-refractivity contribution is 0.0949. The summed E-state index contributed by atoms with van der Waals surface area (Å²) < 4.78 is 0. The monoisotopic (exact) mass is 406 g/mol. The van der Waals surface area contributed by atoms with Gasteiger partial charge in [0, 0.05) is 37.5 Å². The lowest BCUT2D eigenvalue weighted by Crippen LogP contribution is -2.27. The number of thioether (sulfide) groups is 1. The van der Waals surface area contributed by atoms with Crippen molar-refractivity contribution in [2.45, 2.75) is 38.1 Å². The van der Waals surface area contributed by atoms with Crippen LogP contribution in [-0.2, 0) is 5.75 Å². The zero-order valence-corrected chi connectivity index (χ0v) is 17.9. The topological polar surface area (TPSA) is 58.1 Å². The summed E-state index contributed by atoms with van der Waals surface area (Å²) in [6, 6.07) is 9.43. The average molecular weight is 407 g/mol. The third-order valence-corrected chi connectivity index (χ3v) is 4.95. The summed E-state index contributed by atoms with van der Waals surface area (Å²) in [5.41, 5.74) is 1.72. The second-order valence-corrected chi connectivity index (χ2v) is 8.18. The van der Waals surface area contributed by atoms with Crippen LogP contribution >= 0.6 is 23.4 Å². The fourth-order valence-corrected chi connectivity index (χ4v) is 3.47. The molecule has 1 amide bonds. The van der Waals surface area contributed by atoms with Crippen LogP contribution in [0.4, 0.5) is 5.82 Å². The first-order chi connectivity index (χ1) is 12.9. The lowest BCUT2D eigenvalue weighted by Gasteiger charge is -2.17. The van der Waals surface area contributed by atoms with Crippen LogP contribution in [0.1, 0.15) is 43.1 Å². The van der Waals surface area contributed by atoms with Crippen molar-refractivity contribution in [3.8, 4) is 0 Å². The quantitative estimate of drug-likeness (QED) is 0.373. The molecule has 0 fully saturated rings. The maximum Gasteiger partial charge on any atom is 0.251 e. The van der Waals surface area contributed by atoms with Crippen LogP contribution in [0.2, 0.25) is 5.15 Å². The zero-order chi connectivity index (χ0) is 19.8. The summed E-state index contributed by atoms with van der Waals surface area (Å²) in [6.45, 7) is 7.85. The van der Waals surface area contributed by atoms with E-state index in [4.69, 9.17) is 11.6 Å². The number of anilines is 1. The van der Waals surface area contributed by atoms with Gasteiger partial charge in [0.1, 0.15) is 11.0 Å². The molecule has 1 aromatic heterocycles. The van der Waals surface area contributed by atoms with Crippen LogP contribution in [0, 0.1) is 5.92 Å². The SMILES string of the molecule is CCCN(C)c1cc(Cl)nc(SCc2cccc(C(=O)NCC(C)C)c2)n1. The van der Waals surface area contributed by atoms with Crippen LogP contribution in [0.15, 0.2) is 35.5 Å². The van der Waals surface area contributed by atoms with Crippen molar-refractivity contribution in [1.29, 1.82) is 0 Å². The second-order valence-electron chi connectivity index (χ2n) is 6.85. The van der Waals surface area contributed by atoms with Gasteiger partial charge in [0.05, 0.1) is 0 Å².